The molecule has 0 radical (unpaired) electrons. The fraction of sp³-hybridized carbons (Fsp3) is 0.294. The number of rotatable bonds is 6. The van der Waals surface area contributed by atoms with Crippen LogP contribution in [0.5, 0.6) is 0 Å². The summed E-state index contributed by atoms with van der Waals surface area (Å²) in [4.78, 5) is 4.23. The number of sulfonamides is 1. The molecule has 24 heavy (non-hydrogen) atoms. The Kier molecular flexibility index (Phi) is 5.94. The van der Waals surface area contributed by atoms with Crippen LogP contribution in [-0.4, -0.2) is 24.3 Å². The molecule has 1 aromatic heterocycles. The molecule has 0 atom stereocenters. The molecule has 0 saturated carbocycles. The highest BCUT2D eigenvalue weighted by atomic mass is 35.5. The largest absolute Gasteiger partial charge is 0.264 e. The van der Waals surface area contributed by atoms with Crippen LogP contribution in [0.4, 0.5) is 0 Å². The number of nitriles is 1. The van der Waals surface area contributed by atoms with E-state index < -0.39 is 10.0 Å². The fourth-order valence-corrected chi connectivity index (χ4v) is 4.26. The molecule has 0 N–H and O–H groups in total. The monoisotopic (exact) mass is 363 g/mol. The highest BCUT2D eigenvalue weighted by molar-refractivity contribution is 7.89. The van der Waals surface area contributed by atoms with Crippen molar-refractivity contribution in [3.8, 4) is 6.07 Å². The summed E-state index contributed by atoms with van der Waals surface area (Å²) in [5, 5.41) is 9.38. The average molecular weight is 364 g/mol. The van der Waals surface area contributed by atoms with Gasteiger partial charge in [-0.1, -0.05) is 17.7 Å². The molecule has 0 saturated heterocycles. The van der Waals surface area contributed by atoms with Gasteiger partial charge in [0.15, 0.2) is 0 Å². The van der Waals surface area contributed by atoms with Gasteiger partial charge in [0.2, 0.25) is 10.0 Å². The topological polar surface area (TPSA) is 74.1 Å². The third kappa shape index (κ3) is 4.12. The molecule has 2 aromatic rings. The molecule has 0 aliphatic rings. The summed E-state index contributed by atoms with van der Waals surface area (Å²) >= 11 is 6.07. The molecule has 2 rings (SSSR count). The minimum absolute atomic E-state index is 0.116. The zero-order valence-electron chi connectivity index (χ0n) is 13.5. The SMILES string of the molecule is Cc1cc(S(=O)(=O)N(CCC#N)Cc2cccnc2)c(C)cc1Cl. The predicted octanol–water partition coefficient (Wildman–Crippen LogP) is 3.46. The maximum atomic E-state index is 13.1. The van der Waals surface area contributed by atoms with Crippen molar-refractivity contribution in [1.29, 1.82) is 5.26 Å². The summed E-state index contributed by atoms with van der Waals surface area (Å²) in [7, 11) is -3.75. The van der Waals surface area contributed by atoms with Crippen LogP contribution in [0.3, 0.4) is 0 Å². The van der Waals surface area contributed by atoms with E-state index in [1.54, 1.807) is 44.4 Å². The second-order valence-electron chi connectivity index (χ2n) is 5.47. The lowest BCUT2D eigenvalue weighted by Gasteiger charge is -2.22. The van der Waals surface area contributed by atoms with E-state index in [0.717, 1.165) is 5.56 Å². The van der Waals surface area contributed by atoms with Crippen LogP contribution < -0.4 is 0 Å². The van der Waals surface area contributed by atoms with Crippen molar-refractivity contribution < 1.29 is 8.42 Å². The molecule has 1 aromatic carbocycles. The van der Waals surface area contributed by atoms with E-state index in [1.807, 2.05) is 12.1 Å². The van der Waals surface area contributed by atoms with E-state index in [4.69, 9.17) is 16.9 Å². The van der Waals surface area contributed by atoms with Crippen LogP contribution in [0.15, 0.2) is 41.6 Å². The van der Waals surface area contributed by atoms with Gasteiger partial charge in [-0.15, -0.1) is 0 Å². The first-order chi connectivity index (χ1) is 11.4. The van der Waals surface area contributed by atoms with Crippen LogP contribution in [0, 0.1) is 25.2 Å². The smallest absolute Gasteiger partial charge is 0.243 e. The molecule has 126 valence electrons. The fourth-order valence-electron chi connectivity index (χ4n) is 2.33. The number of halogens is 1. The second-order valence-corrected chi connectivity index (χ2v) is 7.79. The molecule has 0 unspecified atom stereocenters. The van der Waals surface area contributed by atoms with Gasteiger partial charge in [-0.25, -0.2) is 8.42 Å². The molecule has 0 spiro atoms. The minimum Gasteiger partial charge on any atom is -0.264 e. The first-order valence-electron chi connectivity index (χ1n) is 7.39. The Labute approximate surface area is 147 Å². The molecule has 5 nitrogen and oxygen atoms in total. The van der Waals surface area contributed by atoms with E-state index in [1.165, 1.54) is 4.31 Å². The summed E-state index contributed by atoms with van der Waals surface area (Å²) in [5.41, 5.74) is 2.04. The molecule has 0 aliphatic carbocycles. The molecule has 1 heterocycles. The van der Waals surface area contributed by atoms with Crippen molar-refractivity contribution in [2.24, 2.45) is 0 Å². The number of benzene rings is 1. The second kappa shape index (κ2) is 7.75. The van der Waals surface area contributed by atoms with Gasteiger partial charge in [0, 0.05) is 36.9 Å². The molecular formula is C17H18ClN3O2S. The molecular weight excluding hydrogens is 346 g/mol. The summed E-state index contributed by atoms with van der Waals surface area (Å²) in [6, 6.07) is 8.79. The molecule has 0 amide bonds. The number of aryl methyl sites for hydroxylation is 2. The maximum Gasteiger partial charge on any atom is 0.243 e. The van der Waals surface area contributed by atoms with Crippen molar-refractivity contribution in [3.63, 3.8) is 0 Å². The van der Waals surface area contributed by atoms with Gasteiger partial charge in [-0.05, 0) is 48.7 Å². The standard InChI is InChI=1S/C17H18ClN3O2S/c1-13-10-17(14(2)9-16(13)18)24(22,23)21(8-4-6-19)12-15-5-3-7-20-11-15/h3,5,7,9-11H,4,8,12H2,1-2H3. The van der Waals surface area contributed by atoms with Crippen molar-refractivity contribution in [1.82, 2.24) is 9.29 Å². The van der Waals surface area contributed by atoms with Crippen LogP contribution in [0.1, 0.15) is 23.1 Å². The van der Waals surface area contributed by atoms with Crippen molar-refractivity contribution in [2.45, 2.75) is 31.7 Å². The Hall–Kier alpha value is -1.94. The highest BCUT2D eigenvalue weighted by Gasteiger charge is 2.26. The highest BCUT2D eigenvalue weighted by Crippen LogP contribution is 2.27. The summed E-state index contributed by atoms with van der Waals surface area (Å²) in [6.45, 7) is 3.76. The third-order valence-corrected chi connectivity index (χ3v) is 6.02. The van der Waals surface area contributed by atoms with Crippen molar-refractivity contribution >= 4 is 21.6 Å². The number of nitrogens with zero attached hydrogens (tertiary/aromatic N) is 3. The number of hydrogen-bond acceptors (Lipinski definition) is 4. The summed E-state index contributed by atoms with van der Waals surface area (Å²) in [6.07, 6.45) is 3.37. The number of pyridine rings is 1. The van der Waals surface area contributed by atoms with Crippen LogP contribution in [0.2, 0.25) is 5.02 Å². The Bertz CT molecular complexity index is 861. The minimum atomic E-state index is -3.75. The van der Waals surface area contributed by atoms with Gasteiger partial charge in [0.25, 0.3) is 0 Å². The Morgan fingerprint density at radius 1 is 1.29 bits per heavy atom. The Morgan fingerprint density at radius 2 is 2.04 bits per heavy atom. The third-order valence-electron chi connectivity index (χ3n) is 3.63. The Morgan fingerprint density at radius 3 is 2.67 bits per heavy atom. The molecule has 0 fully saturated rings. The van der Waals surface area contributed by atoms with Gasteiger partial charge in [-0.3, -0.25) is 4.98 Å². The average Bonchev–Trinajstić information content (AvgIpc) is 2.55. The quantitative estimate of drug-likeness (QED) is 0.787. The zero-order chi connectivity index (χ0) is 17.7. The van der Waals surface area contributed by atoms with Crippen LogP contribution in [0.25, 0.3) is 0 Å². The van der Waals surface area contributed by atoms with Crippen LogP contribution >= 0.6 is 11.6 Å². The van der Waals surface area contributed by atoms with E-state index in [-0.39, 0.29) is 24.4 Å². The number of hydrogen-bond donors (Lipinski definition) is 0. The van der Waals surface area contributed by atoms with Gasteiger partial charge < -0.3 is 0 Å². The molecule has 0 bridgehead atoms. The van der Waals surface area contributed by atoms with Gasteiger partial charge in [-0.2, -0.15) is 9.57 Å². The molecule has 0 aliphatic heterocycles. The van der Waals surface area contributed by atoms with E-state index in [0.29, 0.717) is 16.1 Å². The van der Waals surface area contributed by atoms with E-state index >= 15 is 0 Å². The lowest BCUT2D eigenvalue weighted by Crippen LogP contribution is -2.32. The van der Waals surface area contributed by atoms with Crippen molar-refractivity contribution in [2.75, 3.05) is 6.54 Å². The summed E-state index contributed by atoms with van der Waals surface area (Å²) < 4.78 is 27.5. The zero-order valence-corrected chi connectivity index (χ0v) is 15.1. The van der Waals surface area contributed by atoms with Crippen molar-refractivity contribution in [3.05, 3.63) is 58.4 Å². The Balaban J connectivity index is 2.44. The van der Waals surface area contributed by atoms with Gasteiger partial charge in [0.1, 0.15) is 0 Å². The van der Waals surface area contributed by atoms with E-state index in [2.05, 4.69) is 4.98 Å². The van der Waals surface area contributed by atoms with Gasteiger partial charge in [0.05, 0.1) is 11.0 Å². The van der Waals surface area contributed by atoms with Gasteiger partial charge >= 0.3 is 0 Å². The predicted molar refractivity (Wildman–Crippen MR) is 93.0 cm³/mol. The lowest BCUT2D eigenvalue weighted by atomic mass is 10.2. The lowest BCUT2D eigenvalue weighted by molar-refractivity contribution is 0.412. The molecule has 7 heteroatoms. The number of aromatic nitrogens is 1. The first kappa shape index (κ1) is 18.4. The normalized spacial score (nSPS) is 11.5. The maximum absolute atomic E-state index is 13.1. The first-order valence-corrected chi connectivity index (χ1v) is 9.21. The summed E-state index contributed by atoms with van der Waals surface area (Å²) in [5.74, 6) is 0. The van der Waals surface area contributed by atoms with Crippen LogP contribution in [-0.2, 0) is 16.6 Å². The van der Waals surface area contributed by atoms with E-state index in [9.17, 15) is 8.42 Å².